The quantitative estimate of drug-likeness (QED) is 0.915. The molecule has 98 valence electrons. The summed E-state index contributed by atoms with van der Waals surface area (Å²) >= 11 is 6.16. The summed E-state index contributed by atoms with van der Waals surface area (Å²) in [6, 6.07) is 5.66. The van der Waals surface area contributed by atoms with E-state index in [1.807, 2.05) is 18.2 Å². The van der Waals surface area contributed by atoms with Crippen LogP contribution < -0.4 is 10.1 Å². The van der Waals surface area contributed by atoms with Crippen molar-refractivity contribution in [3.63, 3.8) is 0 Å². The van der Waals surface area contributed by atoms with E-state index >= 15 is 0 Å². The minimum absolute atomic E-state index is 0.213. The molecule has 0 aliphatic carbocycles. The Kier molecular flexibility index (Phi) is 3.93. The highest BCUT2D eigenvalue weighted by Crippen LogP contribution is 2.37. The normalized spacial score (nSPS) is 18.4. The monoisotopic (exact) mass is 267 g/mol. The highest BCUT2D eigenvalue weighted by atomic mass is 35.5. The first-order valence-electron chi connectivity index (χ1n) is 6.16. The van der Waals surface area contributed by atoms with Crippen molar-refractivity contribution >= 4 is 17.4 Å². The molecule has 0 atom stereocenters. The van der Waals surface area contributed by atoms with Crippen molar-refractivity contribution in [2.45, 2.75) is 25.2 Å². The first-order chi connectivity index (χ1) is 8.60. The van der Waals surface area contributed by atoms with Crippen LogP contribution in [0.25, 0.3) is 0 Å². The lowest BCUT2D eigenvalue weighted by atomic mass is 9.70. The fourth-order valence-corrected chi connectivity index (χ4v) is 2.92. The zero-order valence-corrected chi connectivity index (χ0v) is 11.5. The molecule has 3 nitrogen and oxygen atoms in total. The van der Waals surface area contributed by atoms with E-state index in [0.717, 1.165) is 31.5 Å². The number of carbonyl (C=O) groups excluding carboxylic acids is 1. The van der Waals surface area contributed by atoms with Gasteiger partial charge in [-0.2, -0.15) is 0 Å². The van der Waals surface area contributed by atoms with Crippen molar-refractivity contribution in [1.29, 1.82) is 0 Å². The van der Waals surface area contributed by atoms with Gasteiger partial charge in [0.25, 0.3) is 0 Å². The Balaban J connectivity index is 2.43. The van der Waals surface area contributed by atoms with E-state index < -0.39 is 0 Å². The summed E-state index contributed by atoms with van der Waals surface area (Å²) in [5, 5.41) is 3.86. The summed E-state index contributed by atoms with van der Waals surface area (Å²) < 4.78 is 5.15. The van der Waals surface area contributed by atoms with Crippen LogP contribution in [0.4, 0.5) is 0 Å². The van der Waals surface area contributed by atoms with E-state index in [1.165, 1.54) is 0 Å². The van der Waals surface area contributed by atoms with Gasteiger partial charge in [0.2, 0.25) is 0 Å². The Morgan fingerprint density at radius 2 is 2.06 bits per heavy atom. The van der Waals surface area contributed by atoms with Gasteiger partial charge in [-0.1, -0.05) is 17.7 Å². The summed E-state index contributed by atoms with van der Waals surface area (Å²) in [6.07, 6.45) is 1.65. The highest BCUT2D eigenvalue weighted by molar-refractivity contribution is 6.32. The molecule has 1 heterocycles. The van der Waals surface area contributed by atoms with Gasteiger partial charge < -0.3 is 10.1 Å². The molecular formula is C14H18ClNO2. The van der Waals surface area contributed by atoms with Crippen LogP contribution >= 0.6 is 11.6 Å². The number of Topliss-reactive ketones (excluding diaryl/α,β-unsaturated/α-hetero) is 1. The Morgan fingerprint density at radius 3 is 2.56 bits per heavy atom. The van der Waals surface area contributed by atoms with E-state index in [4.69, 9.17) is 16.3 Å². The Bertz CT molecular complexity index is 453. The number of hydrogen-bond donors (Lipinski definition) is 1. The Hall–Kier alpha value is -1.06. The average molecular weight is 268 g/mol. The lowest BCUT2D eigenvalue weighted by molar-refractivity contribution is -0.123. The van der Waals surface area contributed by atoms with Crippen LogP contribution in [0.2, 0.25) is 5.02 Å². The van der Waals surface area contributed by atoms with Crippen LogP contribution in [0.15, 0.2) is 18.2 Å². The standard InChI is InChI=1S/C14H18ClNO2/c1-10(17)14(5-7-16-8-6-14)11-3-4-13(18-2)12(15)9-11/h3-4,9,16H,5-8H2,1-2H3. The van der Waals surface area contributed by atoms with Gasteiger partial charge in [-0.3, -0.25) is 4.79 Å². The number of benzene rings is 1. The molecule has 1 aliphatic heterocycles. The van der Waals surface area contributed by atoms with E-state index in [9.17, 15) is 4.79 Å². The zero-order chi connectivity index (χ0) is 13.2. The number of hydrogen-bond acceptors (Lipinski definition) is 3. The fraction of sp³-hybridized carbons (Fsp3) is 0.500. The molecule has 1 aromatic rings. The van der Waals surface area contributed by atoms with Crippen molar-refractivity contribution in [3.8, 4) is 5.75 Å². The molecule has 0 amide bonds. The zero-order valence-electron chi connectivity index (χ0n) is 10.8. The molecule has 1 saturated heterocycles. The van der Waals surface area contributed by atoms with E-state index in [-0.39, 0.29) is 11.2 Å². The van der Waals surface area contributed by atoms with Gasteiger partial charge in [0.15, 0.2) is 0 Å². The first kappa shape index (κ1) is 13.4. The van der Waals surface area contributed by atoms with Gasteiger partial charge in [-0.15, -0.1) is 0 Å². The number of ether oxygens (including phenoxy) is 1. The van der Waals surface area contributed by atoms with Crippen LogP contribution in [0, 0.1) is 0 Å². The molecule has 0 aromatic heterocycles. The maximum atomic E-state index is 12.1. The van der Waals surface area contributed by atoms with Gasteiger partial charge in [0.05, 0.1) is 17.5 Å². The molecule has 1 aliphatic rings. The summed E-state index contributed by atoms with van der Waals surface area (Å²) in [6.45, 7) is 3.40. The molecule has 0 saturated carbocycles. The van der Waals surface area contributed by atoms with Crippen LogP contribution in [-0.4, -0.2) is 26.0 Å². The minimum atomic E-state index is -0.388. The molecule has 18 heavy (non-hydrogen) atoms. The number of rotatable bonds is 3. The van der Waals surface area contributed by atoms with Crippen LogP contribution in [0.5, 0.6) is 5.75 Å². The van der Waals surface area contributed by atoms with Crippen LogP contribution in [-0.2, 0) is 10.2 Å². The van der Waals surface area contributed by atoms with Gasteiger partial charge >= 0.3 is 0 Å². The molecule has 0 bridgehead atoms. The number of methoxy groups -OCH3 is 1. The predicted molar refractivity (Wildman–Crippen MR) is 72.5 cm³/mol. The predicted octanol–water partition coefficient (Wildman–Crippen LogP) is 2.56. The molecule has 2 rings (SSSR count). The number of ketones is 1. The van der Waals surface area contributed by atoms with Gasteiger partial charge in [-0.25, -0.2) is 0 Å². The Labute approximate surface area is 112 Å². The molecule has 1 fully saturated rings. The maximum Gasteiger partial charge on any atom is 0.140 e. The number of piperidine rings is 1. The Morgan fingerprint density at radius 1 is 1.39 bits per heavy atom. The van der Waals surface area contributed by atoms with Crippen molar-refractivity contribution in [2.24, 2.45) is 0 Å². The van der Waals surface area contributed by atoms with Crippen molar-refractivity contribution in [3.05, 3.63) is 28.8 Å². The second kappa shape index (κ2) is 5.29. The third-order valence-electron chi connectivity index (χ3n) is 3.84. The summed E-state index contributed by atoms with van der Waals surface area (Å²) in [5.74, 6) is 0.860. The fourth-order valence-electron chi connectivity index (χ4n) is 2.66. The van der Waals surface area contributed by atoms with Gasteiger partial charge in [-0.05, 0) is 50.6 Å². The molecule has 0 unspecified atom stereocenters. The van der Waals surface area contributed by atoms with Crippen LogP contribution in [0.1, 0.15) is 25.3 Å². The maximum absolute atomic E-state index is 12.1. The molecule has 1 N–H and O–H groups in total. The third kappa shape index (κ3) is 2.25. The molecular weight excluding hydrogens is 250 g/mol. The summed E-state index contributed by atoms with van der Waals surface area (Å²) in [5.41, 5.74) is 0.614. The van der Waals surface area contributed by atoms with Crippen molar-refractivity contribution in [1.82, 2.24) is 5.32 Å². The number of carbonyl (C=O) groups is 1. The van der Waals surface area contributed by atoms with E-state index in [2.05, 4.69) is 5.32 Å². The second-order valence-corrected chi connectivity index (χ2v) is 5.14. The molecule has 1 aromatic carbocycles. The average Bonchev–Trinajstić information content (AvgIpc) is 2.39. The topological polar surface area (TPSA) is 38.3 Å². The third-order valence-corrected chi connectivity index (χ3v) is 4.13. The van der Waals surface area contributed by atoms with E-state index in [0.29, 0.717) is 10.8 Å². The molecule has 0 radical (unpaired) electrons. The van der Waals surface area contributed by atoms with Crippen molar-refractivity contribution < 1.29 is 9.53 Å². The van der Waals surface area contributed by atoms with Gasteiger partial charge in [0, 0.05) is 0 Å². The van der Waals surface area contributed by atoms with E-state index in [1.54, 1.807) is 14.0 Å². The molecule has 0 spiro atoms. The van der Waals surface area contributed by atoms with Crippen LogP contribution in [0.3, 0.4) is 0 Å². The minimum Gasteiger partial charge on any atom is -0.495 e. The van der Waals surface area contributed by atoms with Crippen molar-refractivity contribution in [2.75, 3.05) is 20.2 Å². The smallest absolute Gasteiger partial charge is 0.140 e. The lowest BCUT2D eigenvalue weighted by Gasteiger charge is -2.36. The number of halogens is 1. The molecule has 4 heteroatoms. The number of nitrogens with one attached hydrogen (secondary N) is 1. The van der Waals surface area contributed by atoms with Gasteiger partial charge in [0.1, 0.15) is 11.5 Å². The largest absolute Gasteiger partial charge is 0.495 e. The highest BCUT2D eigenvalue weighted by Gasteiger charge is 2.38. The summed E-state index contributed by atoms with van der Waals surface area (Å²) in [4.78, 5) is 12.1. The summed E-state index contributed by atoms with van der Waals surface area (Å²) in [7, 11) is 1.59. The lowest BCUT2D eigenvalue weighted by Crippen LogP contribution is -2.44. The SMILES string of the molecule is COc1ccc(C2(C(C)=O)CCNCC2)cc1Cl. The first-order valence-corrected chi connectivity index (χ1v) is 6.54. The second-order valence-electron chi connectivity index (χ2n) is 4.74.